The summed E-state index contributed by atoms with van der Waals surface area (Å²) >= 11 is 4.08. The molecular weight excluding hydrogens is 392 g/mol. The fourth-order valence-corrected chi connectivity index (χ4v) is 8.74. The van der Waals surface area contributed by atoms with Crippen LogP contribution in [0.5, 0.6) is 0 Å². The lowest BCUT2D eigenvalue weighted by Crippen LogP contribution is -2.55. The van der Waals surface area contributed by atoms with Crippen molar-refractivity contribution in [1.29, 1.82) is 0 Å². The first-order valence-corrected chi connectivity index (χ1v) is 11.6. The van der Waals surface area contributed by atoms with Crippen molar-refractivity contribution in [1.82, 2.24) is 9.80 Å². The van der Waals surface area contributed by atoms with Gasteiger partial charge in [-0.2, -0.15) is 0 Å². The molecule has 146 valence electrons. The standard InChI is InChI=1S/C21H33BrN2O2/c22-21-11-16-8-17(12-21)10-20(9-16,15-21)13-19(25)24-5-3-23(4-6-24)14-18-2-1-7-26-18/h16-18H,1-15H2. The molecule has 2 saturated heterocycles. The Morgan fingerprint density at radius 2 is 1.81 bits per heavy atom. The fourth-order valence-electron chi connectivity index (χ4n) is 7.23. The lowest BCUT2D eigenvalue weighted by molar-refractivity contribution is -0.140. The Bertz CT molecular complexity index is 540. The molecular formula is C21H33BrN2O2. The van der Waals surface area contributed by atoms with E-state index in [-0.39, 0.29) is 0 Å². The van der Waals surface area contributed by atoms with Gasteiger partial charge in [0, 0.05) is 50.1 Å². The summed E-state index contributed by atoms with van der Waals surface area (Å²) in [6, 6.07) is 0. The summed E-state index contributed by atoms with van der Waals surface area (Å²) in [5.41, 5.74) is 0.305. The average molecular weight is 425 g/mol. The summed E-state index contributed by atoms with van der Waals surface area (Å²) < 4.78 is 6.13. The zero-order valence-corrected chi connectivity index (χ0v) is 17.5. The van der Waals surface area contributed by atoms with Gasteiger partial charge in [0.2, 0.25) is 5.91 Å². The van der Waals surface area contributed by atoms with E-state index >= 15 is 0 Å². The van der Waals surface area contributed by atoms with Gasteiger partial charge in [-0.3, -0.25) is 9.69 Å². The van der Waals surface area contributed by atoms with Crippen molar-refractivity contribution in [2.75, 3.05) is 39.3 Å². The minimum atomic E-state index is 0.305. The normalized spacial score (nSPS) is 45.4. The summed E-state index contributed by atoms with van der Waals surface area (Å²) in [5, 5.41) is 0. The SMILES string of the molecule is O=C(CC12CC3CC(CC(Br)(C3)C1)C2)N1CCN(CC2CCCO2)CC1. The Balaban J connectivity index is 1.15. The molecule has 5 heteroatoms. The van der Waals surface area contributed by atoms with Gasteiger partial charge in [0.25, 0.3) is 0 Å². The maximum atomic E-state index is 13.1. The molecule has 6 fully saturated rings. The number of carbonyl (C=O) groups excluding carboxylic acids is 1. The topological polar surface area (TPSA) is 32.8 Å². The third-order valence-electron chi connectivity index (χ3n) is 7.85. The van der Waals surface area contributed by atoms with Crippen LogP contribution >= 0.6 is 15.9 Å². The number of piperazine rings is 1. The van der Waals surface area contributed by atoms with Crippen molar-refractivity contribution in [3.63, 3.8) is 0 Å². The van der Waals surface area contributed by atoms with Crippen LogP contribution in [0.15, 0.2) is 0 Å². The van der Waals surface area contributed by atoms with E-state index in [1.807, 2.05) is 0 Å². The Morgan fingerprint density at radius 1 is 1.08 bits per heavy atom. The molecule has 0 aromatic carbocycles. The molecule has 3 atom stereocenters. The maximum Gasteiger partial charge on any atom is 0.223 e. The second kappa shape index (κ2) is 6.73. The number of hydrogen-bond acceptors (Lipinski definition) is 3. The van der Waals surface area contributed by atoms with E-state index in [2.05, 4.69) is 25.7 Å². The summed E-state index contributed by atoms with van der Waals surface area (Å²) in [6.45, 7) is 5.85. The summed E-state index contributed by atoms with van der Waals surface area (Å²) in [4.78, 5) is 17.8. The molecule has 4 nitrogen and oxygen atoms in total. The summed E-state index contributed by atoms with van der Waals surface area (Å²) in [7, 11) is 0. The monoisotopic (exact) mass is 424 g/mol. The minimum absolute atomic E-state index is 0.305. The average Bonchev–Trinajstić information content (AvgIpc) is 3.05. The van der Waals surface area contributed by atoms with Crippen LogP contribution in [-0.2, 0) is 9.53 Å². The molecule has 6 rings (SSSR count). The number of rotatable bonds is 4. The molecule has 0 aromatic heterocycles. The molecule has 4 bridgehead atoms. The number of alkyl halides is 1. The zero-order valence-electron chi connectivity index (χ0n) is 15.9. The third-order valence-corrected chi connectivity index (χ3v) is 8.78. The van der Waals surface area contributed by atoms with E-state index in [0.29, 0.717) is 21.8 Å². The first kappa shape index (κ1) is 17.9. The van der Waals surface area contributed by atoms with Crippen LogP contribution in [0.2, 0.25) is 0 Å². The van der Waals surface area contributed by atoms with Crippen molar-refractivity contribution < 1.29 is 9.53 Å². The van der Waals surface area contributed by atoms with Crippen molar-refractivity contribution in [2.24, 2.45) is 17.3 Å². The summed E-state index contributed by atoms with van der Waals surface area (Å²) in [6.07, 6.45) is 11.6. The smallest absolute Gasteiger partial charge is 0.223 e. The van der Waals surface area contributed by atoms with Crippen LogP contribution in [0, 0.1) is 17.3 Å². The van der Waals surface area contributed by atoms with E-state index < -0.39 is 0 Å². The number of halogens is 1. The first-order chi connectivity index (χ1) is 12.5. The third kappa shape index (κ3) is 3.48. The molecule has 2 heterocycles. The molecule has 0 spiro atoms. The van der Waals surface area contributed by atoms with Gasteiger partial charge in [0.1, 0.15) is 0 Å². The zero-order chi connectivity index (χ0) is 17.8. The highest BCUT2D eigenvalue weighted by atomic mass is 79.9. The predicted molar refractivity (Wildman–Crippen MR) is 105 cm³/mol. The van der Waals surface area contributed by atoms with Crippen LogP contribution in [0.25, 0.3) is 0 Å². The quantitative estimate of drug-likeness (QED) is 0.647. The van der Waals surface area contributed by atoms with E-state index in [4.69, 9.17) is 4.74 Å². The highest BCUT2D eigenvalue weighted by Crippen LogP contribution is 2.65. The lowest BCUT2D eigenvalue weighted by Gasteiger charge is -2.60. The predicted octanol–water partition coefficient (Wildman–Crippen LogP) is 3.43. The van der Waals surface area contributed by atoms with Crippen molar-refractivity contribution >= 4 is 21.8 Å². The molecule has 3 unspecified atom stereocenters. The Hall–Kier alpha value is -0.130. The van der Waals surface area contributed by atoms with Crippen LogP contribution < -0.4 is 0 Å². The van der Waals surface area contributed by atoms with Crippen LogP contribution in [0.1, 0.15) is 57.8 Å². The molecule has 26 heavy (non-hydrogen) atoms. The highest BCUT2D eigenvalue weighted by Gasteiger charge is 2.57. The van der Waals surface area contributed by atoms with Gasteiger partial charge >= 0.3 is 0 Å². The second-order valence-corrected chi connectivity index (χ2v) is 11.8. The Labute approximate surface area is 166 Å². The van der Waals surface area contributed by atoms with Gasteiger partial charge in [-0.15, -0.1) is 0 Å². The largest absolute Gasteiger partial charge is 0.377 e. The highest BCUT2D eigenvalue weighted by molar-refractivity contribution is 9.10. The van der Waals surface area contributed by atoms with Crippen molar-refractivity contribution in [3.8, 4) is 0 Å². The van der Waals surface area contributed by atoms with Crippen LogP contribution in [0.3, 0.4) is 0 Å². The molecule has 2 aliphatic heterocycles. The molecule has 0 radical (unpaired) electrons. The Morgan fingerprint density at radius 3 is 2.42 bits per heavy atom. The van der Waals surface area contributed by atoms with Gasteiger partial charge in [0.05, 0.1) is 6.10 Å². The van der Waals surface area contributed by atoms with Crippen LogP contribution in [0.4, 0.5) is 0 Å². The Kier molecular flexibility index (Phi) is 4.65. The van der Waals surface area contributed by atoms with Crippen molar-refractivity contribution in [2.45, 2.75) is 68.2 Å². The fraction of sp³-hybridized carbons (Fsp3) is 0.952. The first-order valence-electron chi connectivity index (χ1n) is 10.8. The molecule has 4 aliphatic carbocycles. The van der Waals surface area contributed by atoms with E-state index in [9.17, 15) is 4.79 Å². The van der Waals surface area contributed by atoms with Gasteiger partial charge < -0.3 is 9.64 Å². The molecule has 0 N–H and O–H groups in total. The molecule has 4 saturated carbocycles. The number of amides is 1. The second-order valence-electron chi connectivity index (χ2n) is 10.1. The molecule has 0 aromatic rings. The van der Waals surface area contributed by atoms with E-state index in [1.54, 1.807) is 0 Å². The van der Waals surface area contributed by atoms with Crippen LogP contribution in [-0.4, -0.2) is 65.5 Å². The molecule has 1 amide bonds. The van der Waals surface area contributed by atoms with Gasteiger partial charge in [-0.25, -0.2) is 0 Å². The minimum Gasteiger partial charge on any atom is -0.377 e. The number of ether oxygens (including phenoxy) is 1. The number of nitrogens with zero attached hydrogens (tertiary/aromatic N) is 2. The molecule has 6 aliphatic rings. The van der Waals surface area contributed by atoms with E-state index in [1.165, 1.54) is 51.4 Å². The lowest BCUT2D eigenvalue weighted by atomic mass is 9.48. The van der Waals surface area contributed by atoms with Gasteiger partial charge in [-0.05, 0) is 68.6 Å². The van der Waals surface area contributed by atoms with E-state index in [0.717, 1.165) is 57.6 Å². The number of carbonyl (C=O) groups is 1. The van der Waals surface area contributed by atoms with Crippen molar-refractivity contribution in [3.05, 3.63) is 0 Å². The maximum absolute atomic E-state index is 13.1. The summed E-state index contributed by atoms with van der Waals surface area (Å²) in [5.74, 6) is 2.16. The van der Waals surface area contributed by atoms with Gasteiger partial charge in [-0.1, -0.05) is 15.9 Å². The van der Waals surface area contributed by atoms with Gasteiger partial charge in [0.15, 0.2) is 0 Å². The number of hydrogen-bond donors (Lipinski definition) is 0.